The van der Waals surface area contributed by atoms with E-state index in [9.17, 15) is 4.79 Å². The summed E-state index contributed by atoms with van der Waals surface area (Å²) < 4.78 is 0. The Kier molecular flexibility index (Phi) is 4.38. The van der Waals surface area contributed by atoms with Gasteiger partial charge in [0.15, 0.2) is 11.0 Å². The maximum absolute atomic E-state index is 12.8. The predicted molar refractivity (Wildman–Crippen MR) is 103 cm³/mol. The molecule has 4 rings (SSSR count). The molecule has 1 amide bonds. The molecule has 2 N–H and O–H groups in total. The minimum atomic E-state index is 0.0235. The lowest BCUT2D eigenvalue weighted by molar-refractivity contribution is 0.0741. The van der Waals surface area contributed by atoms with Gasteiger partial charge in [0.1, 0.15) is 17.7 Å². The first-order chi connectivity index (χ1) is 12.7. The number of rotatable bonds is 3. The van der Waals surface area contributed by atoms with Crippen LogP contribution in [0.25, 0.3) is 10.9 Å². The first kappa shape index (κ1) is 16.7. The van der Waals surface area contributed by atoms with Crippen molar-refractivity contribution in [1.29, 1.82) is 0 Å². The normalized spacial score (nSPS) is 14.7. The van der Waals surface area contributed by atoms with Crippen LogP contribution in [0, 0.1) is 0 Å². The third kappa shape index (κ3) is 2.94. The number of nitrogens with zero attached hydrogens (tertiary/aromatic N) is 4. The number of hydrogen-bond donors (Lipinski definition) is 2. The quantitative estimate of drug-likeness (QED) is 0.693. The zero-order valence-electron chi connectivity index (χ0n) is 14.4. The molecular weight excluding hydrogens is 352 g/mol. The van der Waals surface area contributed by atoms with Gasteiger partial charge in [-0.1, -0.05) is 29.8 Å². The number of halogens is 1. The van der Waals surface area contributed by atoms with Gasteiger partial charge >= 0.3 is 0 Å². The van der Waals surface area contributed by atoms with Crippen molar-refractivity contribution < 1.29 is 4.79 Å². The number of para-hydroxylation sites is 1. The number of anilines is 2. The summed E-state index contributed by atoms with van der Waals surface area (Å²) in [6.45, 7) is 2.62. The molecule has 1 fully saturated rings. The summed E-state index contributed by atoms with van der Waals surface area (Å²) in [5.41, 5.74) is 2.31. The van der Waals surface area contributed by atoms with E-state index in [2.05, 4.69) is 25.2 Å². The summed E-state index contributed by atoms with van der Waals surface area (Å²) in [6, 6.07) is 9.81. The first-order valence-electron chi connectivity index (χ1n) is 8.47. The van der Waals surface area contributed by atoms with E-state index in [1.165, 1.54) is 6.33 Å². The maximum atomic E-state index is 12.8. The average molecular weight is 371 g/mol. The van der Waals surface area contributed by atoms with Gasteiger partial charge in [0, 0.05) is 44.1 Å². The van der Waals surface area contributed by atoms with Crippen molar-refractivity contribution in [3.05, 3.63) is 47.5 Å². The predicted octanol–water partition coefficient (Wildman–Crippen LogP) is 2.62. The van der Waals surface area contributed by atoms with Crippen molar-refractivity contribution in [3.8, 4) is 0 Å². The molecule has 1 aromatic carbocycles. The number of H-pyrrole nitrogens is 1. The number of aromatic nitrogens is 3. The molecule has 3 aromatic rings. The number of carbonyl (C=O) groups excluding carboxylic acids is 1. The van der Waals surface area contributed by atoms with Gasteiger partial charge in [-0.05, 0) is 12.1 Å². The SMILES string of the molecule is CNc1c(Cl)ncnc1N1CCN(C(=O)c2cc3ccccc3[nH]2)CC1. The fraction of sp³-hybridized carbons (Fsp3) is 0.278. The highest BCUT2D eigenvalue weighted by Crippen LogP contribution is 2.29. The van der Waals surface area contributed by atoms with Crippen molar-refractivity contribution >= 4 is 39.9 Å². The van der Waals surface area contributed by atoms with Crippen molar-refractivity contribution in [2.75, 3.05) is 43.4 Å². The van der Waals surface area contributed by atoms with Crippen LogP contribution in [0.1, 0.15) is 10.5 Å². The summed E-state index contributed by atoms with van der Waals surface area (Å²) in [5.74, 6) is 0.792. The van der Waals surface area contributed by atoms with Crippen LogP contribution in [0.3, 0.4) is 0 Å². The zero-order valence-corrected chi connectivity index (χ0v) is 15.1. The topological polar surface area (TPSA) is 77.2 Å². The molecule has 1 aliphatic rings. The van der Waals surface area contributed by atoms with Crippen molar-refractivity contribution in [2.24, 2.45) is 0 Å². The number of nitrogens with one attached hydrogen (secondary N) is 2. The van der Waals surface area contributed by atoms with Gasteiger partial charge in [0.2, 0.25) is 0 Å². The summed E-state index contributed by atoms with van der Waals surface area (Å²) in [6.07, 6.45) is 1.46. The van der Waals surface area contributed by atoms with Crippen LogP contribution in [-0.4, -0.2) is 59.0 Å². The molecule has 1 saturated heterocycles. The average Bonchev–Trinajstić information content (AvgIpc) is 3.11. The molecule has 7 nitrogen and oxygen atoms in total. The van der Waals surface area contributed by atoms with E-state index < -0.39 is 0 Å². The summed E-state index contributed by atoms with van der Waals surface area (Å²) in [5, 5.41) is 4.49. The number of amides is 1. The first-order valence-corrected chi connectivity index (χ1v) is 8.85. The molecule has 0 unspecified atom stereocenters. The lowest BCUT2D eigenvalue weighted by atomic mass is 10.2. The standard InChI is InChI=1S/C18H19ClN6O/c1-20-15-16(19)21-11-22-17(15)24-6-8-25(9-7-24)18(26)14-10-12-4-2-3-5-13(12)23-14/h2-5,10-11,20,23H,6-9H2,1H3. The van der Waals surface area contributed by atoms with Crippen LogP contribution in [0.2, 0.25) is 5.15 Å². The third-order valence-corrected chi connectivity index (χ3v) is 4.94. The van der Waals surface area contributed by atoms with E-state index in [0.29, 0.717) is 42.7 Å². The molecule has 0 saturated carbocycles. The molecule has 0 atom stereocenters. The molecule has 26 heavy (non-hydrogen) atoms. The van der Waals surface area contributed by atoms with E-state index in [1.54, 1.807) is 7.05 Å². The van der Waals surface area contributed by atoms with Gasteiger partial charge in [-0.2, -0.15) is 0 Å². The Labute approximate surface area is 156 Å². The van der Waals surface area contributed by atoms with Crippen LogP contribution in [0.4, 0.5) is 11.5 Å². The van der Waals surface area contributed by atoms with Crippen LogP contribution < -0.4 is 10.2 Å². The Morgan fingerprint density at radius 3 is 2.69 bits per heavy atom. The highest BCUT2D eigenvalue weighted by atomic mass is 35.5. The fourth-order valence-electron chi connectivity index (χ4n) is 3.29. The molecule has 0 aliphatic carbocycles. The third-order valence-electron chi connectivity index (χ3n) is 4.66. The van der Waals surface area contributed by atoms with Gasteiger partial charge in [-0.15, -0.1) is 0 Å². The van der Waals surface area contributed by atoms with Gasteiger partial charge < -0.3 is 20.1 Å². The minimum Gasteiger partial charge on any atom is -0.383 e. The van der Waals surface area contributed by atoms with Gasteiger partial charge in [-0.3, -0.25) is 4.79 Å². The molecular formula is C18H19ClN6O. The Bertz CT molecular complexity index is 915. The lowest BCUT2D eigenvalue weighted by Crippen LogP contribution is -2.49. The Balaban J connectivity index is 1.48. The van der Waals surface area contributed by atoms with E-state index in [-0.39, 0.29) is 5.91 Å². The number of hydrogen-bond acceptors (Lipinski definition) is 5. The van der Waals surface area contributed by atoms with Crippen LogP contribution in [0.15, 0.2) is 36.7 Å². The second kappa shape index (κ2) is 6.84. The molecule has 0 bridgehead atoms. The smallest absolute Gasteiger partial charge is 0.270 e. The van der Waals surface area contributed by atoms with Gasteiger partial charge in [0.05, 0.1) is 0 Å². The van der Waals surface area contributed by atoms with E-state index in [1.807, 2.05) is 35.2 Å². The highest BCUT2D eigenvalue weighted by molar-refractivity contribution is 6.32. The molecule has 134 valence electrons. The molecule has 8 heteroatoms. The lowest BCUT2D eigenvalue weighted by Gasteiger charge is -2.35. The van der Waals surface area contributed by atoms with E-state index >= 15 is 0 Å². The second-order valence-electron chi connectivity index (χ2n) is 6.16. The van der Waals surface area contributed by atoms with Crippen molar-refractivity contribution in [2.45, 2.75) is 0 Å². The number of aromatic amines is 1. The second-order valence-corrected chi connectivity index (χ2v) is 6.52. The minimum absolute atomic E-state index is 0.0235. The molecule has 0 radical (unpaired) electrons. The van der Waals surface area contributed by atoms with Gasteiger partial charge in [0.25, 0.3) is 5.91 Å². The highest BCUT2D eigenvalue weighted by Gasteiger charge is 2.25. The maximum Gasteiger partial charge on any atom is 0.270 e. The Morgan fingerprint density at radius 1 is 1.19 bits per heavy atom. The molecule has 3 heterocycles. The number of piperazine rings is 1. The van der Waals surface area contributed by atoms with Crippen LogP contribution in [0.5, 0.6) is 0 Å². The van der Waals surface area contributed by atoms with Crippen LogP contribution in [-0.2, 0) is 0 Å². The van der Waals surface area contributed by atoms with Crippen LogP contribution >= 0.6 is 11.6 Å². The molecule has 0 spiro atoms. The monoisotopic (exact) mass is 370 g/mol. The van der Waals surface area contributed by atoms with E-state index in [0.717, 1.165) is 16.7 Å². The van der Waals surface area contributed by atoms with Crippen molar-refractivity contribution in [1.82, 2.24) is 19.9 Å². The summed E-state index contributed by atoms with van der Waals surface area (Å²) >= 11 is 6.14. The zero-order chi connectivity index (χ0) is 18.1. The summed E-state index contributed by atoms with van der Waals surface area (Å²) in [7, 11) is 1.80. The molecule has 1 aliphatic heterocycles. The fourth-order valence-corrected chi connectivity index (χ4v) is 3.51. The largest absolute Gasteiger partial charge is 0.383 e. The molecule has 2 aromatic heterocycles. The number of carbonyl (C=O) groups is 1. The van der Waals surface area contributed by atoms with Gasteiger partial charge in [-0.25, -0.2) is 9.97 Å². The van der Waals surface area contributed by atoms with Crippen molar-refractivity contribution in [3.63, 3.8) is 0 Å². The summed E-state index contributed by atoms with van der Waals surface area (Å²) in [4.78, 5) is 28.4. The Hall–Kier alpha value is -2.80. The Morgan fingerprint density at radius 2 is 1.96 bits per heavy atom. The van der Waals surface area contributed by atoms with E-state index in [4.69, 9.17) is 11.6 Å². The number of benzene rings is 1. The number of fused-ring (bicyclic) bond motifs is 1.